The first-order chi connectivity index (χ1) is 9.99. The minimum absolute atomic E-state index is 0.0123. The lowest BCUT2D eigenvalue weighted by Crippen LogP contribution is -2.36. The third-order valence-electron chi connectivity index (χ3n) is 3.78. The van der Waals surface area contributed by atoms with E-state index >= 15 is 0 Å². The summed E-state index contributed by atoms with van der Waals surface area (Å²) in [7, 11) is 0. The lowest BCUT2D eigenvalue weighted by atomic mass is 10.0. The van der Waals surface area contributed by atoms with Crippen molar-refractivity contribution < 1.29 is 4.79 Å². The number of benzene rings is 1. The summed E-state index contributed by atoms with van der Waals surface area (Å²) in [4.78, 5) is 16.3. The van der Waals surface area contributed by atoms with Crippen LogP contribution in [0.1, 0.15) is 26.1 Å². The number of hydrogen-bond acceptors (Lipinski definition) is 3. The molecule has 5 heteroatoms. The molecule has 0 saturated heterocycles. The van der Waals surface area contributed by atoms with Crippen LogP contribution in [0.4, 0.5) is 0 Å². The first kappa shape index (κ1) is 15.5. The van der Waals surface area contributed by atoms with Crippen molar-refractivity contribution in [3.05, 3.63) is 30.1 Å². The van der Waals surface area contributed by atoms with Crippen molar-refractivity contribution in [2.45, 2.75) is 39.8 Å². The molecule has 1 aromatic carbocycles. The van der Waals surface area contributed by atoms with Crippen molar-refractivity contribution in [1.82, 2.24) is 14.9 Å². The van der Waals surface area contributed by atoms with E-state index in [-0.39, 0.29) is 11.9 Å². The summed E-state index contributed by atoms with van der Waals surface area (Å²) >= 11 is 0. The van der Waals surface area contributed by atoms with Gasteiger partial charge < -0.3 is 15.6 Å². The van der Waals surface area contributed by atoms with E-state index < -0.39 is 0 Å². The van der Waals surface area contributed by atoms with Crippen LogP contribution >= 0.6 is 0 Å². The average Bonchev–Trinajstić information content (AvgIpc) is 2.75. The van der Waals surface area contributed by atoms with Gasteiger partial charge in [0.1, 0.15) is 5.82 Å². The van der Waals surface area contributed by atoms with Crippen LogP contribution in [0.5, 0.6) is 0 Å². The highest BCUT2D eigenvalue weighted by atomic mass is 16.1. The molecule has 0 aliphatic carbocycles. The molecule has 0 bridgehead atoms. The van der Waals surface area contributed by atoms with E-state index in [1.54, 1.807) is 0 Å². The molecule has 21 heavy (non-hydrogen) atoms. The van der Waals surface area contributed by atoms with Crippen LogP contribution in [0.15, 0.2) is 24.3 Å². The van der Waals surface area contributed by atoms with Gasteiger partial charge in [0.05, 0.1) is 11.0 Å². The molecular weight excluding hydrogens is 264 g/mol. The van der Waals surface area contributed by atoms with Gasteiger partial charge in [-0.2, -0.15) is 0 Å². The lowest BCUT2D eigenvalue weighted by Gasteiger charge is -2.15. The van der Waals surface area contributed by atoms with Gasteiger partial charge in [-0.05, 0) is 25.0 Å². The number of aromatic nitrogens is 2. The summed E-state index contributed by atoms with van der Waals surface area (Å²) in [6, 6.07) is 7.94. The van der Waals surface area contributed by atoms with Crippen LogP contribution in [0, 0.1) is 12.8 Å². The number of hydrogen-bond donors (Lipinski definition) is 2. The van der Waals surface area contributed by atoms with Crippen molar-refractivity contribution in [2.75, 3.05) is 6.54 Å². The third kappa shape index (κ3) is 3.82. The number of nitrogens with one attached hydrogen (secondary N) is 1. The van der Waals surface area contributed by atoms with Crippen LogP contribution in [-0.4, -0.2) is 28.0 Å². The van der Waals surface area contributed by atoms with E-state index in [1.165, 1.54) is 0 Å². The van der Waals surface area contributed by atoms with E-state index in [0.717, 1.165) is 23.4 Å². The molecule has 2 aromatic rings. The summed E-state index contributed by atoms with van der Waals surface area (Å²) in [5.41, 5.74) is 8.00. The number of nitrogens with zero attached hydrogens (tertiary/aromatic N) is 2. The Morgan fingerprint density at radius 1 is 1.38 bits per heavy atom. The fourth-order valence-corrected chi connectivity index (χ4v) is 2.31. The second-order valence-corrected chi connectivity index (χ2v) is 5.76. The van der Waals surface area contributed by atoms with Crippen molar-refractivity contribution in [3.63, 3.8) is 0 Å². The normalized spacial score (nSPS) is 12.8. The number of rotatable bonds is 6. The van der Waals surface area contributed by atoms with Crippen LogP contribution in [0.2, 0.25) is 0 Å². The first-order valence-electron chi connectivity index (χ1n) is 7.43. The number of aryl methyl sites for hydroxylation is 1. The number of imidazole rings is 1. The largest absolute Gasteiger partial charge is 0.354 e. The summed E-state index contributed by atoms with van der Waals surface area (Å²) in [6.07, 6.45) is 0.376. The number of carbonyl (C=O) groups is 1. The Labute approximate surface area is 125 Å². The van der Waals surface area contributed by atoms with E-state index in [0.29, 0.717) is 18.9 Å². The Kier molecular flexibility index (Phi) is 4.96. The molecule has 3 N–H and O–H groups in total. The Morgan fingerprint density at radius 2 is 2.10 bits per heavy atom. The predicted molar refractivity (Wildman–Crippen MR) is 84.9 cm³/mol. The molecule has 0 spiro atoms. The molecule has 5 nitrogen and oxygen atoms in total. The van der Waals surface area contributed by atoms with Gasteiger partial charge >= 0.3 is 0 Å². The lowest BCUT2D eigenvalue weighted by molar-refractivity contribution is -0.121. The Balaban J connectivity index is 1.91. The fourth-order valence-electron chi connectivity index (χ4n) is 2.31. The van der Waals surface area contributed by atoms with Gasteiger partial charge in [0.15, 0.2) is 0 Å². The molecule has 1 amide bonds. The predicted octanol–water partition coefficient (Wildman–Crippen LogP) is 1.83. The molecule has 0 aliphatic rings. The summed E-state index contributed by atoms with van der Waals surface area (Å²) in [5.74, 6) is 1.29. The van der Waals surface area contributed by atoms with E-state index in [1.807, 2.05) is 45.0 Å². The van der Waals surface area contributed by atoms with Crippen LogP contribution < -0.4 is 11.1 Å². The SMILES string of the molecule is Cc1nc2ccccc2n1CCNC(=O)CC(N)C(C)C. The molecule has 0 radical (unpaired) electrons. The molecule has 2 rings (SSSR count). The number of para-hydroxylation sites is 2. The van der Waals surface area contributed by atoms with Gasteiger partial charge in [0, 0.05) is 25.6 Å². The minimum Gasteiger partial charge on any atom is -0.354 e. The molecule has 0 saturated carbocycles. The maximum Gasteiger partial charge on any atom is 0.221 e. The molecular formula is C16H24N4O. The molecule has 0 fully saturated rings. The minimum atomic E-state index is -0.0826. The number of amides is 1. The Hall–Kier alpha value is -1.88. The molecule has 0 aliphatic heterocycles. The molecule has 1 aromatic heterocycles. The quantitative estimate of drug-likeness (QED) is 0.852. The van der Waals surface area contributed by atoms with Crippen molar-refractivity contribution in [3.8, 4) is 0 Å². The summed E-state index contributed by atoms with van der Waals surface area (Å²) in [6.45, 7) is 7.34. The van der Waals surface area contributed by atoms with Gasteiger partial charge in [-0.25, -0.2) is 4.98 Å². The monoisotopic (exact) mass is 288 g/mol. The van der Waals surface area contributed by atoms with E-state index in [2.05, 4.69) is 14.9 Å². The maximum atomic E-state index is 11.8. The van der Waals surface area contributed by atoms with Crippen molar-refractivity contribution in [1.29, 1.82) is 0 Å². The van der Waals surface area contributed by atoms with Gasteiger partial charge in [-0.15, -0.1) is 0 Å². The fraction of sp³-hybridized carbons (Fsp3) is 0.500. The molecule has 1 unspecified atom stereocenters. The van der Waals surface area contributed by atoms with Crippen LogP contribution in [-0.2, 0) is 11.3 Å². The van der Waals surface area contributed by atoms with Gasteiger partial charge in [0.25, 0.3) is 0 Å². The highest BCUT2D eigenvalue weighted by molar-refractivity contribution is 5.77. The third-order valence-corrected chi connectivity index (χ3v) is 3.78. The van der Waals surface area contributed by atoms with Crippen LogP contribution in [0.3, 0.4) is 0 Å². The zero-order valence-electron chi connectivity index (χ0n) is 13.0. The average molecular weight is 288 g/mol. The molecule has 114 valence electrons. The van der Waals surface area contributed by atoms with Crippen LogP contribution in [0.25, 0.3) is 11.0 Å². The maximum absolute atomic E-state index is 11.8. The molecule has 1 heterocycles. The number of nitrogens with two attached hydrogens (primary N) is 1. The summed E-state index contributed by atoms with van der Waals surface area (Å²) in [5, 5.41) is 2.93. The standard InChI is InChI=1S/C16H24N4O/c1-11(2)13(17)10-16(21)18-8-9-20-12(3)19-14-6-4-5-7-15(14)20/h4-7,11,13H,8-10,17H2,1-3H3,(H,18,21). The molecule has 1 atom stereocenters. The van der Waals surface area contributed by atoms with E-state index in [4.69, 9.17) is 5.73 Å². The zero-order chi connectivity index (χ0) is 15.4. The second-order valence-electron chi connectivity index (χ2n) is 5.76. The topological polar surface area (TPSA) is 72.9 Å². The zero-order valence-corrected chi connectivity index (χ0v) is 13.0. The summed E-state index contributed by atoms with van der Waals surface area (Å²) < 4.78 is 2.12. The smallest absolute Gasteiger partial charge is 0.221 e. The second kappa shape index (κ2) is 6.72. The van der Waals surface area contributed by atoms with Crippen molar-refractivity contribution >= 4 is 16.9 Å². The Bertz CT molecular complexity index is 618. The highest BCUT2D eigenvalue weighted by Gasteiger charge is 2.13. The first-order valence-corrected chi connectivity index (χ1v) is 7.43. The highest BCUT2D eigenvalue weighted by Crippen LogP contribution is 2.14. The Morgan fingerprint density at radius 3 is 2.81 bits per heavy atom. The van der Waals surface area contributed by atoms with Crippen molar-refractivity contribution in [2.24, 2.45) is 11.7 Å². The van der Waals surface area contributed by atoms with E-state index in [9.17, 15) is 4.79 Å². The number of carbonyl (C=O) groups excluding carboxylic acids is 1. The van der Waals surface area contributed by atoms with Gasteiger partial charge in [-0.1, -0.05) is 26.0 Å². The van der Waals surface area contributed by atoms with Gasteiger partial charge in [-0.3, -0.25) is 4.79 Å². The van der Waals surface area contributed by atoms with Gasteiger partial charge in [0.2, 0.25) is 5.91 Å². The number of fused-ring (bicyclic) bond motifs is 1.